The Morgan fingerprint density at radius 3 is 2.47 bits per heavy atom. The van der Waals surface area contributed by atoms with Crippen molar-refractivity contribution >= 4 is 5.96 Å². The van der Waals surface area contributed by atoms with Crippen molar-refractivity contribution in [1.82, 2.24) is 15.5 Å². The number of ether oxygens (including phenoxy) is 1. The lowest BCUT2D eigenvalue weighted by Crippen LogP contribution is -2.57. The predicted molar refractivity (Wildman–Crippen MR) is 78.5 cm³/mol. The molecule has 2 fully saturated rings. The number of aliphatic imine (C=N–C) groups is 1. The Labute approximate surface area is 116 Å². The fraction of sp³-hybridized carbons (Fsp3) is 0.929. The number of hydrogen-bond donors (Lipinski definition) is 2. The highest BCUT2D eigenvalue weighted by molar-refractivity contribution is 5.80. The molecule has 2 N–H and O–H groups in total. The van der Waals surface area contributed by atoms with Gasteiger partial charge in [-0.2, -0.15) is 0 Å². The third-order valence-electron chi connectivity index (χ3n) is 4.61. The van der Waals surface area contributed by atoms with E-state index in [1.807, 2.05) is 7.05 Å². The van der Waals surface area contributed by atoms with Gasteiger partial charge >= 0.3 is 0 Å². The summed E-state index contributed by atoms with van der Waals surface area (Å²) in [6, 6.07) is 0.608. The van der Waals surface area contributed by atoms with E-state index in [4.69, 9.17) is 4.74 Å². The van der Waals surface area contributed by atoms with Crippen LogP contribution in [0.5, 0.6) is 0 Å². The Morgan fingerprint density at radius 2 is 2.00 bits per heavy atom. The molecule has 0 aromatic carbocycles. The van der Waals surface area contributed by atoms with Crippen LogP contribution in [0, 0.1) is 5.92 Å². The highest BCUT2D eigenvalue weighted by Gasteiger charge is 2.36. The van der Waals surface area contributed by atoms with Gasteiger partial charge in [0.25, 0.3) is 0 Å². The number of rotatable bonds is 4. The van der Waals surface area contributed by atoms with E-state index in [-0.39, 0.29) is 5.54 Å². The molecule has 1 heterocycles. The summed E-state index contributed by atoms with van der Waals surface area (Å²) >= 11 is 0. The fourth-order valence-electron chi connectivity index (χ4n) is 2.68. The van der Waals surface area contributed by atoms with Crippen molar-refractivity contribution in [3.05, 3.63) is 0 Å². The summed E-state index contributed by atoms with van der Waals surface area (Å²) in [5, 5.41) is 6.97. The van der Waals surface area contributed by atoms with Crippen LogP contribution in [0.15, 0.2) is 4.99 Å². The van der Waals surface area contributed by atoms with Gasteiger partial charge in [-0.15, -0.1) is 0 Å². The Kier molecular flexibility index (Phi) is 4.68. The van der Waals surface area contributed by atoms with Gasteiger partial charge in [-0.1, -0.05) is 6.92 Å². The first-order chi connectivity index (χ1) is 9.07. The van der Waals surface area contributed by atoms with Gasteiger partial charge in [-0.25, -0.2) is 0 Å². The molecule has 19 heavy (non-hydrogen) atoms. The lowest BCUT2D eigenvalue weighted by atomic mass is 9.88. The largest absolute Gasteiger partial charge is 0.381 e. The zero-order valence-electron chi connectivity index (χ0n) is 12.7. The molecule has 1 saturated carbocycles. The Bertz CT molecular complexity index is 323. The average molecular weight is 268 g/mol. The van der Waals surface area contributed by atoms with Gasteiger partial charge in [-0.05, 0) is 39.3 Å². The lowest BCUT2D eigenvalue weighted by molar-refractivity contribution is -0.00501. The van der Waals surface area contributed by atoms with E-state index >= 15 is 0 Å². The number of guanidine groups is 1. The second kappa shape index (κ2) is 6.09. The monoisotopic (exact) mass is 268 g/mol. The SMILES string of the molecule is CN=C(NCC1(N(C)C)CCOCC1)NC1CC1C. The number of likely N-dealkylation sites (N-methyl/N-ethyl adjacent to an activating group) is 1. The minimum Gasteiger partial charge on any atom is -0.381 e. The van der Waals surface area contributed by atoms with E-state index in [0.29, 0.717) is 6.04 Å². The van der Waals surface area contributed by atoms with Crippen LogP contribution in [0.1, 0.15) is 26.2 Å². The van der Waals surface area contributed by atoms with E-state index in [2.05, 4.69) is 41.5 Å². The van der Waals surface area contributed by atoms with Crippen molar-refractivity contribution in [3.63, 3.8) is 0 Å². The van der Waals surface area contributed by atoms with Crippen LogP contribution < -0.4 is 10.6 Å². The standard InChI is InChI=1S/C14H28N4O/c1-11-9-12(11)17-13(15-2)16-10-14(18(3)4)5-7-19-8-6-14/h11-12H,5-10H2,1-4H3,(H2,15,16,17). The fourth-order valence-corrected chi connectivity index (χ4v) is 2.68. The summed E-state index contributed by atoms with van der Waals surface area (Å²) in [6.07, 6.45) is 3.40. The molecular weight excluding hydrogens is 240 g/mol. The highest BCUT2D eigenvalue weighted by Crippen LogP contribution is 2.29. The maximum Gasteiger partial charge on any atom is 0.191 e. The van der Waals surface area contributed by atoms with E-state index in [9.17, 15) is 0 Å². The van der Waals surface area contributed by atoms with Crippen molar-refractivity contribution in [2.75, 3.05) is 40.9 Å². The summed E-state index contributed by atoms with van der Waals surface area (Å²) < 4.78 is 5.50. The Balaban J connectivity index is 1.86. The zero-order valence-corrected chi connectivity index (χ0v) is 12.7. The van der Waals surface area contributed by atoms with Crippen LogP contribution in [0.25, 0.3) is 0 Å². The van der Waals surface area contributed by atoms with Crippen LogP contribution in [-0.2, 0) is 4.74 Å². The second-order valence-corrected chi connectivity index (χ2v) is 6.12. The molecule has 1 aliphatic heterocycles. The molecule has 0 aromatic rings. The van der Waals surface area contributed by atoms with Gasteiger partial charge in [0.05, 0.1) is 0 Å². The number of nitrogens with one attached hydrogen (secondary N) is 2. The maximum absolute atomic E-state index is 5.50. The Hall–Kier alpha value is -0.810. The van der Waals surface area contributed by atoms with Gasteiger partial charge in [0.15, 0.2) is 5.96 Å². The highest BCUT2D eigenvalue weighted by atomic mass is 16.5. The summed E-state index contributed by atoms with van der Waals surface area (Å²) in [5.74, 6) is 1.71. The lowest BCUT2D eigenvalue weighted by Gasteiger charge is -2.43. The third kappa shape index (κ3) is 3.60. The van der Waals surface area contributed by atoms with Crippen LogP contribution in [-0.4, -0.2) is 63.3 Å². The van der Waals surface area contributed by atoms with Gasteiger partial charge in [0.1, 0.15) is 0 Å². The molecule has 2 atom stereocenters. The first-order valence-corrected chi connectivity index (χ1v) is 7.30. The first kappa shape index (κ1) is 14.6. The maximum atomic E-state index is 5.50. The normalized spacial score (nSPS) is 30.3. The average Bonchev–Trinajstić information content (AvgIpc) is 3.11. The van der Waals surface area contributed by atoms with E-state index < -0.39 is 0 Å². The molecule has 2 rings (SSSR count). The third-order valence-corrected chi connectivity index (χ3v) is 4.61. The quantitative estimate of drug-likeness (QED) is 0.581. The second-order valence-electron chi connectivity index (χ2n) is 6.12. The number of hydrogen-bond acceptors (Lipinski definition) is 3. The molecule has 5 nitrogen and oxygen atoms in total. The summed E-state index contributed by atoms with van der Waals surface area (Å²) in [7, 11) is 6.16. The number of nitrogens with zero attached hydrogens (tertiary/aromatic N) is 2. The summed E-state index contributed by atoms with van der Waals surface area (Å²) in [5.41, 5.74) is 0.186. The van der Waals surface area contributed by atoms with E-state index in [1.165, 1.54) is 6.42 Å². The molecule has 2 unspecified atom stereocenters. The molecule has 2 aliphatic rings. The van der Waals surface area contributed by atoms with Gasteiger partial charge in [0.2, 0.25) is 0 Å². The summed E-state index contributed by atoms with van der Waals surface area (Å²) in [6.45, 7) is 4.89. The molecule has 5 heteroatoms. The van der Waals surface area contributed by atoms with Gasteiger partial charge in [-0.3, -0.25) is 4.99 Å². The molecule has 110 valence electrons. The van der Waals surface area contributed by atoms with E-state index in [0.717, 1.165) is 44.5 Å². The Morgan fingerprint density at radius 1 is 1.37 bits per heavy atom. The van der Waals surface area contributed by atoms with Crippen molar-refractivity contribution in [2.45, 2.75) is 37.8 Å². The smallest absolute Gasteiger partial charge is 0.191 e. The molecular formula is C14H28N4O. The molecule has 0 radical (unpaired) electrons. The first-order valence-electron chi connectivity index (χ1n) is 7.30. The van der Waals surface area contributed by atoms with Gasteiger partial charge in [0, 0.05) is 38.4 Å². The molecule has 1 saturated heterocycles. The van der Waals surface area contributed by atoms with Crippen LogP contribution in [0.2, 0.25) is 0 Å². The molecule has 1 aliphatic carbocycles. The molecule has 0 spiro atoms. The zero-order chi connectivity index (χ0) is 13.9. The predicted octanol–water partition coefficient (Wildman–Crippen LogP) is 0.671. The minimum absolute atomic E-state index is 0.186. The minimum atomic E-state index is 0.186. The van der Waals surface area contributed by atoms with Crippen molar-refractivity contribution < 1.29 is 4.74 Å². The summed E-state index contributed by atoms with van der Waals surface area (Å²) in [4.78, 5) is 6.65. The molecule has 0 bridgehead atoms. The van der Waals surface area contributed by atoms with Crippen molar-refractivity contribution in [3.8, 4) is 0 Å². The van der Waals surface area contributed by atoms with E-state index in [1.54, 1.807) is 0 Å². The van der Waals surface area contributed by atoms with Crippen LogP contribution >= 0.6 is 0 Å². The topological polar surface area (TPSA) is 48.9 Å². The van der Waals surface area contributed by atoms with Crippen LogP contribution in [0.4, 0.5) is 0 Å². The van der Waals surface area contributed by atoms with Crippen molar-refractivity contribution in [1.29, 1.82) is 0 Å². The molecule has 0 amide bonds. The molecule has 0 aromatic heterocycles. The van der Waals surface area contributed by atoms with Crippen LogP contribution in [0.3, 0.4) is 0 Å². The van der Waals surface area contributed by atoms with Crippen molar-refractivity contribution in [2.24, 2.45) is 10.9 Å². The van der Waals surface area contributed by atoms with Gasteiger partial charge < -0.3 is 20.3 Å².